The summed E-state index contributed by atoms with van der Waals surface area (Å²) in [6.45, 7) is 0.318. The van der Waals surface area contributed by atoms with Crippen molar-refractivity contribution < 1.29 is 34.9 Å². The molecule has 3 aromatic rings. The molecule has 0 saturated carbocycles. The average Bonchev–Trinajstić information content (AvgIpc) is 3.22. The molecule has 0 aliphatic rings. The summed E-state index contributed by atoms with van der Waals surface area (Å²) in [6.07, 6.45) is 2.53. The summed E-state index contributed by atoms with van der Waals surface area (Å²) in [5.41, 5.74) is 1.46. The predicted octanol–water partition coefficient (Wildman–Crippen LogP) is 5.35. The normalized spacial score (nSPS) is 12.4. The number of hydrogen-bond acceptors (Lipinski definition) is 6. The molecule has 176 valence electrons. The van der Waals surface area contributed by atoms with E-state index in [1.54, 1.807) is 24.3 Å². The van der Waals surface area contributed by atoms with E-state index in [0.29, 0.717) is 35.7 Å². The van der Waals surface area contributed by atoms with Crippen molar-refractivity contribution >= 4 is 22.3 Å². The van der Waals surface area contributed by atoms with Gasteiger partial charge < -0.3 is 9.15 Å². The first-order chi connectivity index (χ1) is 15.6. The van der Waals surface area contributed by atoms with Gasteiger partial charge in [0.1, 0.15) is 24.3 Å². The number of hydrogen-bond donors (Lipinski definition) is 0. The molecule has 0 unspecified atom stereocenters. The first-order valence-corrected chi connectivity index (χ1v) is 11.8. The number of aromatic nitrogens is 1. The summed E-state index contributed by atoms with van der Waals surface area (Å²) in [5, 5.41) is 0. The molecule has 1 heterocycles. The number of rotatable bonds is 10. The lowest BCUT2D eigenvalue weighted by Crippen LogP contribution is -2.04. The Kier molecular flexibility index (Phi) is 7.93. The fraction of sp³-hybridized carbons (Fsp3) is 0.261. The maximum Gasteiger partial charge on any atom is 0.416 e. The molecule has 0 atom stereocenters. The van der Waals surface area contributed by atoms with E-state index < -0.39 is 21.9 Å². The second-order valence-corrected chi connectivity index (χ2v) is 8.84. The molecule has 0 fully saturated rings. The van der Waals surface area contributed by atoms with Crippen molar-refractivity contribution in [1.29, 1.82) is 0 Å². The quantitative estimate of drug-likeness (QED) is 0.287. The molecule has 0 aliphatic carbocycles. The topological polar surface area (TPSA) is 78.6 Å². The van der Waals surface area contributed by atoms with Gasteiger partial charge in [-0.2, -0.15) is 21.6 Å². The first-order valence-electron chi connectivity index (χ1n) is 9.94. The van der Waals surface area contributed by atoms with Gasteiger partial charge in [0.25, 0.3) is 10.1 Å². The minimum atomic E-state index is -4.37. The van der Waals surface area contributed by atoms with Crippen LogP contribution in [0.4, 0.5) is 13.2 Å². The maximum atomic E-state index is 12.6. The number of ether oxygens (including phenoxy) is 1. The Morgan fingerprint density at radius 2 is 1.73 bits per heavy atom. The van der Waals surface area contributed by atoms with E-state index in [2.05, 4.69) is 4.98 Å². The molecule has 0 radical (unpaired) electrons. The highest BCUT2D eigenvalue weighted by Gasteiger charge is 2.29. The standard InChI is InChI=1S/C23H22F3NO5S/c1-33(28,29)32-14-2-3-17-6-11-21(12-7-17)30-15-20-16-31-22(27-20)13-8-18-4-9-19(10-5-18)23(24,25)26/h4-13,16H,2-3,14-15H2,1H3/b13-8+. The Morgan fingerprint density at radius 3 is 2.36 bits per heavy atom. The molecule has 0 amide bonds. The van der Waals surface area contributed by atoms with Gasteiger partial charge in [0.2, 0.25) is 5.89 Å². The molecule has 33 heavy (non-hydrogen) atoms. The molecule has 0 N–H and O–H groups in total. The summed E-state index contributed by atoms with van der Waals surface area (Å²) >= 11 is 0. The Bertz CT molecular complexity index is 1170. The van der Waals surface area contributed by atoms with Crippen molar-refractivity contribution in [3.63, 3.8) is 0 Å². The molecule has 10 heteroatoms. The number of benzene rings is 2. The van der Waals surface area contributed by atoms with Crippen molar-refractivity contribution in [3.8, 4) is 5.75 Å². The Morgan fingerprint density at radius 1 is 1.03 bits per heavy atom. The Hall–Kier alpha value is -3.11. The van der Waals surface area contributed by atoms with Crippen LogP contribution < -0.4 is 4.74 Å². The minimum Gasteiger partial charge on any atom is -0.487 e. The van der Waals surface area contributed by atoms with E-state index in [9.17, 15) is 21.6 Å². The van der Waals surface area contributed by atoms with Crippen LogP contribution in [0.1, 0.15) is 34.7 Å². The van der Waals surface area contributed by atoms with Crippen molar-refractivity contribution in [1.82, 2.24) is 4.98 Å². The highest BCUT2D eigenvalue weighted by molar-refractivity contribution is 7.85. The van der Waals surface area contributed by atoms with Crippen LogP contribution in [0.5, 0.6) is 5.75 Å². The zero-order chi connectivity index (χ0) is 23.9. The van der Waals surface area contributed by atoms with E-state index >= 15 is 0 Å². The predicted molar refractivity (Wildman–Crippen MR) is 117 cm³/mol. The van der Waals surface area contributed by atoms with Crippen LogP contribution in [0.2, 0.25) is 0 Å². The summed E-state index contributed by atoms with van der Waals surface area (Å²) in [7, 11) is -3.42. The van der Waals surface area contributed by atoms with Gasteiger partial charge in [0.05, 0.1) is 18.4 Å². The zero-order valence-electron chi connectivity index (χ0n) is 17.7. The van der Waals surface area contributed by atoms with Crippen molar-refractivity contribution in [2.75, 3.05) is 12.9 Å². The minimum absolute atomic E-state index is 0.138. The van der Waals surface area contributed by atoms with Gasteiger partial charge in [0, 0.05) is 6.08 Å². The van der Waals surface area contributed by atoms with Gasteiger partial charge in [-0.15, -0.1) is 0 Å². The van der Waals surface area contributed by atoms with E-state index in [1.807, 2.05) is 12.1 Å². The summed E-state index contributed by atoms with van der Waals surface area (Å²) in [4.78, 5) is 4.26. The summed E-state index contributed by atoms with van der Waals surface area (Å²) < 4.78 is 75.4. The molecule has 0 bridgehead atoms. The van der Waals surface area contributed by atoms with Gasteiger partial charge in [-0.1, -0.05) is 24.3 Å². The molecule has 3 rings (SSSR count). The van der Waals surface area contributed by atoms with Gasteiger partial charge in [0.15, 0.2) is 0 Å². The molecule has 0 spiro atoms. The van der Waals surface area contributed by atoms with Crippen molar-refractivity contribution in [3.05, 3.63) is 83.1 Å². The maximum absolute atomic E-state index is 12.6. The lowest BCUT2D eigenvalue weighted by molar-refractivity contribution is -0.137. The highest BCUT2D eigenvalue weighted by atomic mass is 32.2. The summed E-state index contributed by atoms with van der Waals surface area (Å²) in [6, 6.07) is 12.2. The van der Waals surface area contributed by atoms with Crippen LogP contribution in [-0.2, 0) is 33.5 Å². The van der Waals surface area contributed by atoms with Crippen LogP contribution in [0.25, 0.3) is 12.2 Å². The van der Waals surface area contributed by atoms with Gasteiger partial charge >= 0.3 is 6.18 Å². The van der Waals surface area contributed by atoms with Gasteiger partial charge in [-0.3, -0.25) is 4.18 Å². The van der Waals surface area contributed by atoms with Crippen LogP contribution >= 0.6 is 0 Å². The number of oxazole rings is 1. The lowest BCUT2D eigenvalue weighted by Gasteiger charge is -2.06. The number of aryl methyl sites for hydroxylation is 1. The molecule has 6 nitrogen and oxygen atoms in total. The zero-order valence-corrected chi connectivity index (χ0v) is 18.5. The monoisotopic (exact) mass is 481 g/mol. The number of nitrogens with zero attached hydrogens (tertiary/aromatic N) is 1. The van der Waals surface area contributed by atoms with Gasteiger partial charge in [-0.25, -0.2) is 4.98 Å². The van der Waals surface area contributed by atoms with E-state index in [1.165, 1.54) is 18.4 Å². The van der Waals surface area contributed by atoms with Crippen LogP contribution in [0.15, 0.2) is 59.2 Å². The molecular formula is C23H22F3NO5S. The number of halogens is 3. The van der Waals surface area contributed by atoms with Crippen molar-refractivity contribution in [2.45, 2.75) is 25.6 Å². The third-order valence-corrected chi connectivity index (χ3v) is 5.04. The largest absolute Gasteiger partial charge is 0.487 e. The Balaban J connectivity index is 1.46. The SMILES string of the molecule is CS(=O)(=O)OCCCc1ccc(OCc2coc(/C=C/c3ccc(C(F)(F)F)cc3)n2)cc1. The highest BCUT2D eigenvalue weighted by Crippen LogP contribution is 2.29. The fourth-order valence-corrected chi connectivity index (χ4v) is 3.23. The number of alkyl halides is 3. The van der Waals surface area contributed by atoms with E-state index in [4.69, 9.17) is 13.3 Å². The smallest absolute Gasteiger partial charge is 0.416 e. The third-order valence-electron chi connectivity index (χ3n) is 4.44. The summed E-state index contributed by atoms with van der Waals surface area (Å²) in [5.74, 6) is 0.941. The van der Waals surface area contributed by atoms with Gasteiger partial charge in [-0.05, 0) is 54.3 Å². The second kappa shape index (κ2) is 10.7. The average molecular weight is 481 g/mol. The van der Waals surface area contributed by atoms with Crippen LogP contribution in [0, 0.1) is 0 Å². The molecule has 1 aromatic heterocycles. The second-order valence-electron chi connectivity index (χ2n) is 7.19. The Labute approximate surface area is 189 Å². The first kappa shape index (κ1) is 24.5. The van der Waals surface area contributed by atoms with Crippen molar-refractivity contribution in [2.24, 2.45) is 0 Å². The third kappa shape index (κ3) is 8.39. The van der Waals surface area contributed by atoms with Crippen LogP contribution in [-0.4, -0.2) is 26.3 Å². The van der Waals surface area contributed by atoms with E-state index in [-0.39, 0.29) is 13.2 Å². The fourth-order valence-electron chi connectivity index (χ4n) is 2.81. The molecular weight excluding hydrogens is 459 g/mol. The van der Waals surface area contributed by atoms with E-state index in [0.717, 1.165) is 24.0 Å². The molecule has 2 aromatic carbocycles. The molecule has 0 aliphatic heterocycles. The molecule has 0 saturated heterocycles. The lowest BCUT2D eigenvalue weighted by atomic mass is 10.1. The van der Waals surface area contributed by atoms with Crippen LogP contribution in [0.3, 0.4) is 0 Å².